The number of nitrogens with one attached hydrogen (secondary N) is 1. The van der Waals surface area contributed by atoms with Gasteiger partial charge in [0.25, 0.3) is 0 Å². The van der Waals surface area contributed by atoms with Gasteiger partial charge < -0.3 is 14.7 Å². The third-order valence-corrected chi connectivity index (χ3v) is 7.98. The number of rotatable bonds is 5. The van der Waals surface area contributed by atoms with E-state index in [-0.39, 0.29) is 29.8 Å². The Bertz CT molecular complexity index is 745. The highest BCUT2D eigenvalue weighted by Crippen LogP contribution is 2.60. The smallest absolute Gasteiger partial charge is 0.245 e. The predicted octanol–water partition coefficient (Wildman–Crippen LogP) is 4.30. The van der Waals surface area contributed by atoms with E-state index in [4.69, 9.17) is 4.52 Å². The van der Waals surface area contributed by atoms with E-state index in [1.807, 2.05) is 4.90 Å². The molecule has 5 fully saturated rings. The van der Waals surface area contributed by atoms with E-state index in [9.17, 15) is 9.59 Å². The van der Waals surface area contributed by atoms with E-state index in [0.29, 0.717) is 11.6 Å². The summed E-state index contributed by atoms with van der Waals surface area (Å²) in [5.41, 5.74) is -0.197. The summed E-state index contributed by atoms with van der Waals surface area (Å²) in [6.45, 7) is 1.94. The van der Waals surface area contributed by atoms with E-state index in [1.54, 1.807) is 13.0 Å². The van der Waals surface area contributed by atoms with Crippen LogP contribution in [0.15, 0.2) is 10.6 Å². The SMILES string of the molecule is Cc1cc(NC(=O)CN(C(=O)C23CC4CC(CC(C4)C2)C3)C2CCCCC2)no1. The molecule has 6 heteroatoms. The van der Waals surface area contributed by atoms with Gasteiger partial charge in [-0.2, -0.15) is 0 Å². The molecule has 6 rings (SSSR count). The Balaban J connectivity index is 1.35. The Hall–Kier alpha value is -1.85. The molecule has 158 valence electrons. The molecule has 1 N–H and O–H groups in total. The lowest BCUT2D eigenvalue weighted by atomic mass is 9.49. The minimum Gasteiger partial charge on any atom is -0.360 e. The fraction of sp³-hybridized carbons (Fsp3) is 0.783. The first-order valence-electron chi connectivity index (χ1n) is 11.5. The average Bonchev–Trinajstić information content (AvgIpc) is 3.10. The van der Waals surface area contributed by atoms with Crippen LogP contribution in [0.3, 0.4) is 0 Å². The van der Waals surface area contributed by atoms with Crippen molar-refractivity contribution < 1.29 is 14.1 Å². The largest absolute Gasteiger partial charge is 0.360 e. The van der Waals surface area contributed by atoms with Crippen molar-refractivity contribution in [3.63, 3.8) is 0 Å². The molecule has 0 saturated heterocycles. The monoisotopic (exact) mass is 399 g/mol. The fourth-order valence-corrected chi connectivity index (χ4v) is 7.20. The molecule has 4 bridgehead atoms. The van der Waals surface area contributed by atoms with Gasteiger partial charge in [0.15, 0.2) is 5.82 Å². The molecule has 1 heterocycles. The summed E-state index contributed by atoms with van der Waals surface area (Å²) in [4.78, 5) is 28.8. The Morgan fingerprint density at radius 2 is 1.72 bits per heavy atom. The van der Waals surface area contributed by atoms with Crippen molar-refractivity contribution in [1.82, 2.24) is 10.1 Å². The van der Waals surface area contributed by atoms with Gasteiger partial charge in [-0.3, -0.25) is 9.59 Å². The number of hydrogen-bond donors (Lipinski definition) is 1. The second kappa shape index (κ2) is 7.44. The van der Waals surface area contributed by atoms with Gasteiger partial charge in [0.1, 0.15) is 12.3 Å². The van der Waals surface area contributed by atoms with Gasteiger partial charge in [0, 0.05) is 12.1 Å². The second-order valence-corrected chi connectivity index (χ2v) is 10.3. The van der Waals surface area contributed by atoms with E-state index >= 15 is 0 Å². The summed E-state index contributed by atoms with van der Waals surface area (Å²) in [5, 5.41) is 6.69. The van der Waals surface area contributed by atoms with E-state index in [2.05, 4.69) is 10.5 Å². The van der Waals surface area contributed by atoms with Gasteiger partial charge in [-0.05, 0) is 76.0 Å². The highest BCUT2D eigenvalue weighted by atomic mass is 16.5. The highest BCUT2D eigenvalue weighted by Gasteiger charge is 2.56. The first-order chi connectivity index (χ1) is 14.0. The maximum absolute atomic E-state index is 14.0. The number of carbonyl (C=O) groups is 2. The van der Waals surface area contributed by atoms with Crippen molar-refractivity contribution in [3.8, 4) is 0 Å². The topological polar surface area (TPSA) is 75.4 Å². The molecule has 6 nitrogen and oxygen atoms in total. The van der Waals surface area contributed by atoms with E-state index in [0.717, 1.165) is 62.7 Å². The molecule has 5 aliphatic rings. The zero-order valence-electron chi connectivity index (χ0n) is 17.5. The highest BCUT2D eigenvalue weighted by molar-refractivity contribution is 5.95. The molecule has 0 spiro atoms. The molecule has 1 aromatic heterocycles. The molecule has 0 atom stereocenters. The standard InChI is InChI=1S/C23H33N3O3/c1-15-7-20(25-29-15)24-21(27)14-26(19-5-3-2-4-6-19)22(28)23-11-16-8-17(12-23)10-18(9-16)13-23/h7,16-19H,2-6,8-14H2,1H3,(H,24,25,27). The molecule has 1 aromatic rings. The predicted molar refractivity (Wildman–Crippen MR) is 109 cm³/mol. The zero-order chi connectivity index (χ0) is 20.0. The Kier molecular flexibility index (Phi) is 4.91. The summed E-state index contributed by atoms with van der Waals surface area (Å²) in [6, 6.07) is 1.91. The van der Waals surface area contributed by atoms with Crippen LogP contribution in [0.25, 0.3) is 0 Å². The number of amides is 2. The number of aryl methyl sites for hydroxylation is 1. The summed E-state index contributed by atoms with van der Waals surface area (Å²) in [7, 11) is 0. The fourth-order valence-electron chi connectivity index (χ4n) is 7.20. The molecule has 0 aromatic carbocycles. The molecule has 5 saturated carbocycles. The third kappa shape index (κ3) is 3.71. The summed E-state index contributed by atoms with van der Waals surface area (Å²) >= 11 is 0. The van der Waals surface area contributed by atoms with Crippen LogP contribution < -0.4 is 5.32 Å². The number of hydrogen-bond acceptors (Lipinski definition) is 4. The summed E-state index contributed by atoms with van der Waals surface area (Å²) in [6.07, 6.45) is 12.7. The molecule has 0 radical (unpaired) electrons. The first kappa shape index (κ1) is 19.1. The summed E-state index contributed by atoms with van der Waals surface area (Å²) in [5.74, 6) is 3.38. The van der Waals surface area contributed by atoms with Crippen molar-refractivity contribution >= 4 is 17.6 Å². The molecule has 0 aliphatic heterocycles. The minimum atomic E-state index is -0.197. The maximum atomic E-state index is 14.0. The number of nitrogens with zero attached hydrogens (tertiary/aromatic N) is 2. The van der Waals surface area contributed by atoms with Crippen LogP contribution >= 0.6 is 0 Å². The molecule has 29 heavy (non-hydrogen) atoms. The second-order valence-electron chi connectivity index (χ2n) is 10.3. The Labute approximate surface area is 172 Å². The van der Waals surface area contributed by atoms with Gasteiger partial charge in [0.05, 0.1) is 5.41 Å². The minimum absolute atomic E-state index is 0.136. The molecule has 5 aliphatic carbocycles. The quantitative estimate of drug-likeness (QED) is 0.801. The van der Waals surface area contributed by atoms with Gasteiger partial charge in [-0.15, -0.1) is 0 Å². The lowest BCUT2D eigenvalue weighted by Gasteiger charge is -2.57. The Morgan fingerprint density at radius 3 is 2.28 bits per heavy atom. The van der Waals surface area contributed by atoms with Crippen molar-refractivity contribution in [2.24, 2.45) is 23.2 Å². The van der Waals surface area contributed by atoms with E-state index < -0.39 is 0 Å². The van der Waals surface area contributed by atoms with Crippen molar-refractivity contribution in [3.05, 3.63) is 11.8 Å². The molecule has 2 amide bonds. The van der Waals surface area contributed by atoms with Gasteiger partial charge in [0.2, 0.25) is 11.8 Å². The van der Waals surface area contributed by atoms with Crippen LogP contribution in [0.4, 0.5) is 5.82 Å². The van der Waals surface area contributed by atoms with Crippen LogP contribution in [-0.4, -0.2) is 34.5 Å². The lowest BCUT2D eigenvalue weighted by molar-refractivity contribution is -0.162. The van der Waals surface area contributed by atoms with Crippen molar-refractivity contribution in [1.29, 1.82) is 0 Å². The van der Waals surface area contributed by atoms with Gasteiger partial charge in [-0.25, -0.2) is 0 Å². The van der Waals surface area contributed by atoms with Crippen LogP contribution in [0, 0.1) is 30.1 Å². The number of aromatic nitrogens is 1. The van der Waals surface area contributed by atoms with Crippen LogP contribution in [0.1, 0.15) is 76.4 Å². The average molecular weight is 400 g/mol. The van der Waals surface area contributed by atoms with Gasteiger partial charge in [-0.1, -0.05) is 24.4 Å². The van der Waals surface area contributed by atoms with Crippen LogP contribution in [0.2, 0.25) is 0 Å². The van der Waals surface area contributed by atoms with Crippen LogP contribution in [0.5, 0.6) is 0 Å². The van der Waals surface area contributed by atoms with Crippen LogP contribution in [-0.2, 0) is 9.59 Å². The first-order valence-corrected chi connectivity index (χ1v) is 11.5. The van der Waals surface area contributed by atoms with Gasteiger partial charge >= 0.3 is 0 Å². The third-order valence-electron chi connectivity index (χ3n) is 7.98. The molecular formula is C23H33N3O3. The van der Waals surface area contributed by atoms with Crippen molar-refractivity contribution in [2.75, 3.05) is 11.9 Å². The molecule has 0 unspecified atom stereocenters. The van der Waals surface area contributed by atoms with Crippen molar-refractivity contribution in [2.45, 2.75) is 83.6 Å². The maximum Gasteiger partial charge on any atom is 0.245 e. The molecular weight excluding hydrogens is 366 g/mol. The van der Waals surface area contributed by atoms with E-state index in [1.165, 1.54) is 25.7 Å². The normalized spacial score (nSPS) is 33.6. The number of carbonyl (C=O) groups excluding carboxylic acids is 2. The lowest BCUT2D eigenvalue weighted by Crippen LogP contribution is -2.57. The Morgan fingerprint density at radius 1 is 1.10 bits per heavy atom. The summed E-state index contributed by atoms with van der Waals surface area (Å²) < 4.78 is 5.05. The number of anilines is 1. The zero-order valence-corrected chi connectivity index (χ0v) is 17.5.